The summed E-state index contributed by atoms with van der Waals surface area (Å²) in [4.78, 5) is 4.25. The fourth-order valence-electron chi connectivity index (χ4n) is 1.68. The molecule has 3 nitrogen and oxygen atoms in total. The van der Waals surface area contributed by atoms with Gasteiger partial charge in [0.25, 0.3) is 0 Å². The zero-order chi connectivity index (χ0) is 10.7. The van der Waals surface area contributed by atoms with Gasteiger partial charge in [0.2, 0.25) is 0 Å². The number of nitrogens with zero attached hydrogens (tertiary/aromatic N) is 1. The smallest absolute Gasteiger partial charge is 0.145 e. The summed E-state index contributed by atoms with van der Waals surface area (Å²) in [5.41, 5.74) is 1.06. The van der Waals surface area contributed by atoms with Gasteiger partial charge >= 0.3 is 0 Å². The maximum Gasteiger partial charge on any atom is 0.145 e. The molecule has 2 heterocycles. The van der Waals surface area contributed by atoms with Gasteiger partial charge in [0.1, 0.15) is 5.82 Å². The van der Waals surface area contributed by atoms with Crippen LogP contribution in [0.15, 0.2) is 12.3 Å². The number of pyridine rings is 1. The zero-order valence-corrected chi connectivity index (χ0v) is 9.55. The van der Waals surface area contributed by atoms with E-state index in [1.807, 2.05) is 13.0 Å². The van der Waals surface area contributed by atoms with E-state index in [1.54, 1.807) is 6.20 Å². The Kier molecular flexibility index (Phi) is 3.44. The lowest BCUT2D eigenvalue weighted by molar-refractivity contribution is 0.0904. The van der Waals surface area contributed by atoms with E-state index in [-0.39, 0.29) is 0 Å². The van der Waals surface area contributed by atoms with Crippen LogP contribution in [0.25, 0.3) is 0 Å². The fourth-order valence-corrected chi connectivity index (χ4v) is 1.84. The van der Waals surface area contributed by atoms with Crippen molar-refractivity contribution >= 4 is 17.4 Å². The van der Waals surface area contributed by atoms with E-state index < -0.39 is 0 Å². The number of anilines is 1. The molecule has 0 saturated carbocycles. The molecule has 4 heteroatoms. The molecule has 2 rings (SSSR count). The molecule has 0 aromatic carbocycles. The van der Waals surface area contributed by atoms with Gasteiger partial charge in [-0.15, -0.1) is 0 Å². The van der Waals surface area contributed by atoms with Crippen LogP contribution >= 0.6 is 11.6 Å². The van der Waals surface area contributed by atoms with Crippen LogP contribution in [0.4, 0.5) is 5.82 Å². The van der Waals surface area contributed by atoms with E-state index in [9.17, 15) is 0 Å². The first-order valence-corrected chi connectivity index (χ1v) is 5.60. The highest BCUT2D eigenvalue weighted by atomic mass is 35.5. The highest BCUT2D eigenvalue weighted by Gasteiger charge is 2.15. The van der Waals surface area contributed by atoms with Crippen LogP contribution in [0.1, 0.15) is 18.4 Å². The lowest BCUT2D eigenvalue weighted by Gasteiger charge is -2.24. The van der Waals surface area contributed by atoms with Gasteiger partial charge < -0.3 is 10.1 Å². The molecule has 0 radical (unpaired) electrons. The molecule has 1 aliphatic rings. The van der Waals surface area contributed by atoms with Crippen molar-refractivity contribution in [2.45, 2.75) is 25.8 Å². The summed E-state index contributed by atoms with van der Waals surface area (Å²) in [6.45, 7) is 3.63. The molecule has 0 spiro atoms. The summed E-state index contributed by atoms with van der Waals surface area (Å²) in [5, 5.41) is 4.09. The molecule has 1 saturated heterocycles. The monoisotopic (exact) mass is 226 g/mol. The lowest BCUT2D eigenvalue weighted by atomic mass is 10.1. The third kappa shape index (κ3) is 2.61. The number of hydrogen-bond acceptors (Lipinski definition) is 3. The predicted octanol–water partition coefficient (Wildman–Crippen LogP) is 2.63. The number of ether oxygens (including phenoxy) is 1. The predicted molar refractivity (Wildman–Crippen MR) is 61.4 cm³/mol. The SMILES string of the molecule is Cc1ccnc(NC2CCOCC2)c1Cl. The summed E-state index contributed by atoms with van der Waals surface area (Å²) in [6, 6.07) is 2.35. The molecule has 1 fully saturated rings. The first-order chi connectivity index (χ1) is 7.27. The normalized spacial score (nSPS) is 17.7. The third-order valence-corrected chi connectivity index (χ3v) is 3.12. The summed E-state index contributed by atoms with van der Waals surface area (Å²) in [5.74, 6) is 0.795. The minimum absolute atomic E-state index is 0.436. The molecular weight excluding hydrogens is 212 g/mol. The van der Waals surface area contributed by atoms with Crippen LogP contribution in [-0.4, -0.2) is 24.2 Å². The molecule has 1 aliphatic heterocycles. The van der Waals surface area contributed by atoms with Crippen LogP contribution < -0.4 is 5.32 Å². The summed E-state index contributed by atoms with van der Waals surface area (Å²) >= 11 is 6.16. The third-order valence-electron chi connectivity index (χ3n) is 2.64. The van der Waals surface area contributed by atoms with Crippen molar-refractivity contribution in [3.8, 4) is 0 Å². The lowest BCUT2D eigenvalue weighted by Crippen LogP contribution is -2.28. The summed E-state index contributed by atoms with van der Waals surface area (Å²) in [6.07, 6.45) is 3.82. The quantitative estimate of drug-likeness (QED) is 0.842. The molecule has 15 heavy (non-hydrogen) atoms. The molecule has 0 unspecified atom stereocenters. The highest BCUT2D eigenvalue weighted by Crippen LogP contribution is 2.24. The Bertz CT molecular complexity index is 337. The number of nitrogens with one attached hydrogen (secondary N) is 1. The van der Waals surface area contributed by atoms with Crippen LogP contribution in [0.5, 0.6) is 0 Å². The first kappa shape index (κ1) is 10.7. The van der Waals surface area contributed by atoms with E-state index in [2.05, 4.69) is 10.3 Å². The van der Waals surface area contributed by atoms with Crippen molar-refractivity contribution in [3.63, 3.8) is 0 Å². The average Bonchev–Trinajstić information content (AvgIpc) is 2.26. The van der Waals surface area contributed by atoms with E-state index in [4.69, 9.17) is 16.3 Å². The maximum absolute atomic E-state index is 6.16. The molecule has 1 aromatic rings. The minimum atomic E-state index is 0.436. The second-order valence-electron chi connectivity index (χ2n) is 3.82. The van der Waals surface area contributed by atoms with E-state index in [0.717, 1.165) is 42.5 Å². The van der Waals surface area contributed by atoms with E-state index in [1.165, 1.54) is 0 Å². The second kappa shape index (κ2) is 4.81. The average molecular weight is 227 g/mol. The van der Waals surface area contributed by atoms with Gasteiger partial charge in [0.05, 0.1) is 5.02 Å². The maximum atomic E-state index is 6.16. The van der Waals surface area contributed by atoms with Gasteiger partial charge in [-0.05, 0) is 31.4 Å². The molecule has 0 atom stereocenters. The molecular formula is C11H15ClN2O. The molecule has 0 amide bonds. The van der Waals surface area contributed by atoms with E-state index >= 15 is 0 Å². The molecule has 1 aromatic heterocycles. The number of hydrogen-bond donors (Lipinski definition) is 1. The van der Waals surface area contributed by atoms with Crippen molar-refractivity contribution in [1.82, 2.24) is 4.98 Å². The number of aryl methyl sites for hydroxylation is 1. The van der Waals surface area contributed by atoms with Crippen LogP contribution in [0.3, 0.4) is 0 Å². The van der Waals surface area contributed by atoms with Crippen molar-refractivity contribution in [1.29, 1.82) is 0 Å². The molecule has 1 N–H and O–H groups in total. The summed E-state index contributed by atoms with van der Waals surface area (Å²) < 4.78 is 5.30. The Morgan fingerprint density at radius 3 is 2.93 bits per heavy atom. The molecule has 0 bridgehead atoms. The van der Waals surface area contributed by atoms with Crippen LogP contribution in [-0.2, 0) is 4.74 Å². The van der Waals surface area contributed by atoms with Crippen LogP contribution in [0, 0.1) is 6.92 Å². The Labute approximate surface area is 94.8 Å². The number of halogens is 1. The Morgan fingerprint density at radius 2 is 2.20 bits per heavy atom. The Balaban J connectivity index is 2.06. The van der Waals surface area contributed by atoms with Gasteiger partial charge in [-0.1, -0.05) is 11.6 Å². The van der Waals surface area contributed by atoms with Crippen molar-refractivity contribution in [2.75, 3.05) is 18.5 Å². The second-order valence-corrected chi connectivity index (χ2v) is 4.20. The number of aromatic nitrogens is 1. The van der Waals surface area contributed by atoms with Crippen molar-refractivity contribution < 1.29 is 4.74 Å². The number of rotatable bonds is 2. The largest absolute Gasteiger partial charge is 0.381 e. The van der Waals surface area contributed by atoms with Gasteiger partial charge in [0, 0.05) is 25.5 Å². The Hall–Kier alpha value is -0.800. The van der Waals surface area contributed by atoms with Crippen molar-refractivity contribution in [2.24, 2.45) is 0 Å². The molecule has 0 aliphatic carbocycles. The Morgan fingerprint density at radius 1 is 1.47 bits per heavy atom. The van der Waals surface area contributed by atoms with Crippen LogP contribution in [0.2, 0.25) is 5.02 Å². The fraction of sp³-hybridized carbons (Fsp3) is 0.545. The van der Waals surface area contributed by atoms with Gasteiger partial charge in [-0.25, -0.2) is 4.98 Å². The molecule has 82 valence electrons. The summed E-state index contributed by atoms with van der Waals surface area (Å²) in [7, 11) is 0. The van der Waals surface area contributed by atoms with Crippen molar-refractivity contribution in [3.05, 3.63) is 22.8 Å². The first-order valence-electron chi connectivity index (χ1n) is 5.23. The zero-order valence-electron chi connectivity index (χ0n) is 8.79. The van der Waals surface area contributed by atoms with Gasteiger partial charge in [-0.3, -0.25) is 0 Å². The van der Waals surface area contributed by atoms with Gasteiger partial charge in [-0.2, -0.15) is 0 Å². The standard InChI is InChI=1S/C11H15ClN2O/c1-8-2-5-13-11(10(8)12)14-9-3-6-15-7-4-9/h2,5,9H,3-4,6-7H2,1H3,(H,13,14). The highest BCUT2D eigenvalue weighted by molar-refractivity contribution is 6.33. The van der Waals surface area contributed by atoms with Gasteiger partial charge in [0.15, 0.2) is 0 Å². The van der Waals surface area contributed by atoms with E-state index in [0.29, 0.717) is 6.04 Å². The topological polar surface area (TPSA) is 34.2 Å². The minimum Gasteiger partial charge on any atom is -0.381 e.